The van der Waals surface area contributed by atoms with Crippen molar-refractivity contribution in [3.8, 4) is 0 Å². The third kappa shape index (κ3) is 3.84. The Hall–Kier alpha value is -1.70. The van der Waals surface area contributed by atoms with Gasteiger partial charge in [-0.25, -0.2) is 9.78 Å². The van der Waals surface area contributed by atoms with Crippen LogP contribution in [0.3, 0.4) is 0 Å². The monoisotopic (exact) mass is 391 g/mol. The van der Waals surface area contributed by atoms with Gasteiger partial charge in [-0.15, -0.1) is 0 Å². The van der Waals surface area contributed by atoms with E-state index in [-0.39, 0.29) is 35.1 Å². The van der Waals surface area contributed by atoms with Gasteiger partial charge in [0.2, 0.25) is 0 Å². The summed E-state index contributed by atoms with van der Waals surface area (Å²) in [6.07, 6.45) is -1.72. The van der Waals surface area contributed by atoms with Gasteiger partial charge in [0, 0.05) is 12.2 Å². The zero-order valence-electron chi connectivity index (χ0n) is 14.7. The maximum absolute atomic E-state index is 12.7. The van der Waals surface area contributed by atoms with Crippen molar-refractivity contribution in [1.29, 1.82) is 0 Å². The number of alkyl halides is 3. The zero-order valence-corrected chi connectivity index (χ0v) is 15.5. The topological polar surface area (TPSA) is 54.5 Å². The molecule has 1 amide bonds. The van der Waals surface area contributed by atoms with Gasteiger partial charge in [-0.3, -0.25) is 0 Å². The van der Waals surface area contributed by atoms with Crippen molar-refractivity contribution >= 4 is 23.5 Å². The lowest BCUT2D eigenvalue weighted by molar-refractivity contribution is -0.137. The van der Waals surface area contributed by atoms with Gasteiger partial charge in [0.25, 0.3) is 0 Å². The highest BCUT2D eigenvalue weighted by atomic mass is 35.5. The third-order valence-electron chi connectivity index (χ3n) is 4.63. The Bertz CT molecular complexity index is 705. The predicted octanol–water partition coefficient (Wildman–Crippen LogP) is 4.71. The molecule has 2 aliphatic heterocycles. The van der Waals surface area contributed by atoms with Gasteiger partial charge in [0.05, 0.1) is 22.7 Å². The molecule has 1 aromatic rings. The number of halogens is 4. The maximum atomic E-state index is 12.7. The number of fused-ring (bicyclic) bond motifs is 2. The van der Waals surface area contributed by atoms with E-state index in [1.807, 2.05) is 20.8 Å². The molecule has 144 valence electrons. The van der Waals surface area contributed by atoms with E-state index in [0.717, 1.165) is 25.1 Å². The number of ether oxygens (including phenoxy) is 1. The van der Waals surface area contributed by atoms with Gasteiger partial charge in [-0.2, -0.15) is 13.2 Å². The van der Waals surface area contributed by atoms with E-state index < -0.39 is 17.3 Å². The molecular formula is C17H21ClF3N3O2. The van der Waals surface area contributed by atoms with E-state index in [1.165, 1.54) is 0 Å². The Labute approximate surface area is 154 Å². The first kappa shape index (κ1) is 19.1. The van der Waals surface area contributed by atoms with Crippen LogP contribution in [0.2, 0.25) is 5.02 Å². The van der Waals surface area contributed by atoms with Crippen molar-refractivity contribution in [2.24, 2.45) is 0 Å². The van der Waals surface area contributed by atoms with Gasteiger partial charge in [0.15, 0.2) is 0 Å². The summed E-state index contributed by atoms with van der Waals surface area (Å²) in [6.45, 7) is 5.43. The molecule has 1 aromatic heterocycles. The number of hydrogen-bond acceptors (Lipinski definition) is 4. The van der Waals surface area contributed by atoms with Crippen LogP contribution < -0.4 is 5.32 Å². The van der Waals surface area contributed by atoms with Gasteiger partial charge >= 0.3 is 12.3 Å². The van der Waals surface area contributed by atoms with Crippen molar-refractivity contribution in [1.82, 2.24) is 9.88 Å². The molecule has 2 aliphatic rings. The van der Waals surface area contributed by atoms with Crippen molar-refractivity contribution in [3.63, 3.8) is 0 Å². The van der Waals surface area contributed by atoms with Crippen LogP contribution in [0.1, 0.15) is 45.6 Å². The molecule has 3 atom stereocenters. The van der Waals surface area contributed by atoms with Crippen LogP contribution in [-0.2, 0) is 10.9 Å². The van der Waals surface area contributed by atoms with E-state index in [9.17, 15) is 18.0 Å². The smallest absolute Gasteiger partial charge is 0.417 e. The number of nitrogens with zero attached hydrogens (tertiary/aromatic N) is 2. The number of hydrogen-bond donors (Lipinski definition) is 1. The number of carbonyl (C=O) groups is 1. The minimum atomic E-state index is -4.49. The normalized spacial score (nSPS) is 25.5. The number of anilines is 1. The molecule has 0 radical (unpaired) electrons. The molecule has 9 heteroatoms. The lowest BCUT2D eigenvalue weighted by Crippen LogP contribution is -2.42. The number of aromatic nitrogens is 1. The predicted molar refractivity (Wildman–Crippen MR) is 91.2 cm³/mol. The summed E-state index contributed by atoms with van der Waals surface area (Å²) in [7, 11) is 0. The van der Waals surface area contributed by atoms with Gasteiger partial charge < -0.3 is 15.0 Å². The molecule has 2 bridgehead atoms. The molecule has 26 heavy (non-hydrogen) atoms. The van der Waals surface area contributed by atoms with E-state index >= 15 is 0 Å². The molecule has 1 N–H and O–H groups in total. The Balaban J connectivity index is 1.72. The van der Waals surface area contributed by atoms with Crippen molar-refractivity contribution in [3.05, 3.63) is 22.8 Å². The average molecular weight is 392 g/mol. The van der Waals surface area contributed by atoms with Crippen LogP contribution in [0.25, 0.3) is 0 Å². The molecule has 0 aliphatic carbocycles. The molecule has 0 aromatic carbocycles. The van der Waals surface area contributed by atoms with Gasteiger partial charge in [-0.05, 0) is 46.1 Å². The van der Waals surface area contributed by atoms with Crippen LogP contribution in [0.15, 0.2) is 12.3 Å². The number of nitrogens with one attached hydrogen (secondary N) is 1. The molecule has 5 nitrogen and oxygen atoms in total. The lowest BCUT2D eigenvalue weighted by Gasteiger charge is -2.28. The number of amides is 1. The minimum absolute atomic E-state index is 0.0561. The fraction of sp³-hybridized carbons (Fsp3) is 0.647. The Kier molecular flexibility index (Phi) is 4.75. The highest BCUT2D eigenvalue weighted by Crippen LogP contribution is 2.41. The van der Waals surface area contributed by atoms with Crippen LogP contribution in [0.4, 0.5) is 23.8 Å². The fourth-order valence-electron chi connectivity index (χ4n) is 3.62. The summed E-state index contributed by atoms with van der Waals surface area (Å²) in [5.74, 6) is 0.196. The summed E-state index contributed by atoms with van der Waals surface area (Å²) < 4.78 is 43.6. The Morgan fingerprint density at radius 3 is 2.62 bits per heavy atom. The molecule has 2 fully saturated rings. The second kappa shape index (κ2) is 6.48. The van der Waals surface area contributed by atoms with E-state index in [4.69, 9.17) is 16.3 Å². The van der Waals surface area contributed by atoms with Crippen molar-refractivity contribution < 1.29 is 22.7 Å². The second-order valence-electron chi connectivity index (χ2n) is 7.72. The Morgan fingerprint density at radius 2 is 2.04 bits per heavy atom. The largest absolute Gasteiger partial charge is 0.444 e. The fourth-order valence-corrected chi connectivity index (χ4v) is 3.84. The maximum Gasteiger partial charge on any atom is 0.417 e. The first-order valence-electron chi connectivity index (χ1n) is 8.46. The first-order chi connectivity index (χ1) is 12.0. The van der Waals surface area contributed by atoms with Gasteiger partial charge in [-0.1, -0.05) is 11.6 Å². The minimum Gasteiger partial charge on any atom is -0.444 e. The second-order valence-corrected chi connectivity index (χ2v) is 8.13. The van der Waals surface area contributed by atoms with Crippen LogP contribution in [-0.4, -0.2) is 39.7 Å². The molecular weight excluding hydrogens is 371 g/mol. The van der Waals surface area contributed by atoms with Gasteiger partial charge in [0.1, 0.15) is 11.4 Å². The summed E-state index contributed by atoms with van der Waals surface area (Å²) >= 11 is 5.97. The molecule has 3 heterocycles. The quantitative estimate of drug-likeness (QED) is 0.793. The van der Waals surface area contributed by atoms with E-state index in [2.05, 4.69) is 10.3 Å². The number of pyridine rings is 1. The summed E-state index contributed by atoms with van der Waals surface area (Å²) in [5.41, 5.74) is -1.48. The average Bonchev–Trinajstić information content (AvgIpc) is 3.04. The molecule has 2 saturated heterocycles. The van der Waals surface area contributed by atoms with E-state index in [0.29, 0.717) is 6.42 Å². The van der Waals surface area contributed by atoms with Crippen LogP contribution in [0, 0.1) is 0 Å². The Morgan fingerprint density at radius 1 is 1.35 bits per heavy atom. The molecule has 0 spiro atoms. The van der Waals surface area contributed by atoms with Crippen molar-refractivity contribution in [2.45, 2.75) is 69.9 Å². The summed E-state index contributed by atoms with van der Waals surface area (Å²) in [5, 5.41) is 3.02. The van der Waals surface area contributed by atoms with Crippen molar-refractivity contribution in [2.75, 3.05) is 5.32 Å². The SMILES string of the molecule is CC(C)(C)OC(=O)N1[C@@H]2CC[C@H]1[C@H](Nc1ncc(C(F)(F)F)cc1Cl)C2. The lowest BCUT2D eigenvalue weighted by atomic mass is 9.95. The third-order valence-corrected chi connectivity index (χ3v) is 4.92. The summed E-state index contributed by atoms with van der Waals surface area (Å²) in [4.78, 5) is 18.0. The standard InChI is InChI=1S/C17H21ClF3N3O2/c1-16(2,3)26-15(25)24-10-4-5-13(24)12(7-10)23-14-11(18)6-9(8-22-14)17(19,20)21/h6,8,10,12-13H,4-5,7H2,1-3H3,(H,22,23)/t10-,12-,13+/m1/s1. The van der Waals surface area contributed by atoms with Crippen LogP contribution in [0.5, 0.6) is 0 Å². The number of rotatable bonds is 2. The molecule has 3 rings (SSSR count). The first-order valence-corrected chi connectivity index (χ1v) is 8.84. The van der Waals surface area contributed by atoms with E-state index in [1.54, 1.807) is 4.90 Å². The molecule has 0 saturated carbocycles. The highest BCUT2D eigenvalue weighted by Gasteiger charge is 2.50. The highest BCUT2D eigenvalue weighted by molar-refractivity contribution is 6.33. The van der Waals surface area contributed by atoms with Crippen LogP contribution >= 0.6 is 11.6 Å². The number of carbonyl (C=O) groups excluding carboxylic acids is 1. The zero-order chi connectivity index (χ0) is 19.3. The molecule has 0 unspecified atom stereocenters. The summed E-state index contributed by atoms with van der Waals surface area (Å²) in [6, 6.07) is 0.703.